The summed E-state index contributed by atoms with van der Waals surface area (Å²) in [5.74, 6) is 1.83. The second-order valence-electron chi connectivity index (χ2n) is 4.59. The predicted molar refractivity (Wildman–Crippen MR) is 80.2 cm³/mol. The van der Waals surface area contributed by atoms with Gasteiger partial charge in [0, 0.05) is 19.2 Å². The molecule has 0 saturated heterocycles. The van der Waals surface area contributed by atoms with E-state index in [9.17, 15) is 4.79 Å². The van der Waals surface area contributed by atoms with Crippen LogP contribution >= 0.6 is 0 Å². The van der Waals surface area contributed by atoms with E-state index in [-0.39, 0.29) is 5.91 Å². The maximum absolute atomic E-state index is 12.2. The lowest BCUT2D eigenvalue weighted by atomic mass is 10.3. The summed E-state index contributed by atoms with van der Waals surface area (Å²) in [6.07, 6.45) is 1.58. The summed E-state index contributed by atoms with van der Waals surface area (Å²) in [6.45, 7) is 7.90. The zero-order valence-corrected chi connectivity index (χ0v) is 12.6. The van der Waals surface area contributed by atoms with Gasteiger partial charge < -0.3 is 14.6 Å². The fourth-order valence-corrected chi connectivity index (χ4v) is 2.05. The highest BCUT2D eigenvalue weighted by atomic mass is 16.3. The Kier molecular flexibility index (Phi) is 4.92. The first-order chi connectivity index (χ1) is 10.1. The van der Waals surface area contributed by atoms with Crippen molar-refractivity contribution in [1.29, 1.82) is 0 Å². The van der Waals surface area contributed by atoms with E-state index < -0.39 is 0 Å². The molecular formula is C15H20N4O2. The Morgan fingerprint density at radius 2 is 2.10 bits per heavy atom. The van der Waals surface area contributed by atoms with Gasteiger partial charge in [-0.3, -0.25) is 4.79 Å². The summed E-state index contributed by atoms with van der Waals surface area (Å²) < 4.78 is 5.18. The van der Waals surface area contributed by atoms with E-state index in [1.165, 1.54) is 0 Å². The Morgan fingerprint density at radius 1 is 1.33 bits per heavy atom. The molecule has 2 rings (SSSR count). The van der Waals surface area contributed by atoms with Crippen LogP contribution in [0.1, 0.15) is 35.9 Å². The maximum Gasteiger partial charge on any atom is 0.270 e. The number of hydrogen-bond donors (Lipinski definition) is 1. The van der Waals surface area contributed by atoms with Gasteiger partial charge in [0.2, 0.25) is 0 Å². The number of carbonyl (C=O) groups is 1. The van der Waals surface area contributed by atoms with E-state index in [1.54, 1.807) is 25.3 Å². The van der Waals surface area contributed by atoms with Crippen LogP contribution in [0.15, 0.2) is 28.9 Å². The van der Waals surface area contributed by atoms with Crippen LogP contribution in [0.5, 0.6) is 0 Å². The van der Waals surface area contributed by atoms with E-state index in [1.807, 2.05) is 6.07 Å². The Balaban J connectivity index is 2.12. The molecule has 1 amide bonds. The third-order valence-corrected chi connectivity index (χ3v) is 3.15. The summed E-state index contributed by atoms with van der Waals surface area (Å²) in [4.78, 5) is 22.9. The van der Waals surface area contributed by atoms with Gasteiger partial charge in [0.1, 0.15) is 23.1 Å². The number of rotatable bonds is 6. The lowest BCUT2D eigenvalue weighted by molar-refractivity contribution is 0.0942. The van der Waals surface area contributed by atoms with Gasteiger partial charge in [-0.25, -0.2) is 9.97 Å². The Hall–Kier alpha value is -2.37. The summed E-state index contributed by atoms with van der Waals surface area (Å²) in [7, 11) is 0. The van der Waals surface area contributed by atoms with Gasteiger partial charge in [-0.1, -0.05) is 0 Å². The predicted octanol–water partition coefficient (Wildman–Crippen LogP) is 2.15. The van der Waals surface area contributed by atoms with Crippen LogP contribution in [-0.4, -0.2) is 29.0 Å². The van der Waals surface area contributed by atoms with Crippen molar-refractivity contribution in [3.63, 3.8) is 0 Å². The minimum absolute atomic E-state index is 0.231. The monoisotopic (exact) mass is 288 g/mol. The number of carbonyl (C=O) groups excluding carboxylic acids is 1. The molecule has 0 unspecified atom stereocenters. The molecule has 21 heavy (non-hydrogen) atoms. The quantitative estimate of drug-likeness (QED) is 0.882. The highest BCUT2D eigenvalue weighted by Gasteiger charge is 2.13. The first-order valence-electron chi connectivity index (χ1n) is 7.05. The molecule has 6 nitrogen and oxygen atoms in total. The number of nitrogens with zero attached hydrogens (tertiary/aromatic N) is 3. The summed E-state index contributed by atoms with van der Waals surface area (Å²) in [5.41, 5.74) is 0.371. The largest absolute Gasteiger partial charge is 0.467 e. The number of aryl methyl sites for hydroxylation is 1. The minimum Gasteiger partial charge on any atom is -0.467 e. The SMILES string of the molecule is CCN(CC)c1cc(C(=O)NCc2ccco2)nc(C)n1. The maximum atomic E-state index is 12.2. The first-order valence-corrected chi connectivity index (χ1v) is 7.05. The van der Waals surface area contributed by atoms with Crippen molar-refractivity contribution in [3.8, 4) is 0 Å². The van der Waals surface area contributed by atoms with Gasteiger partial charge in [-0.2, -0.15) is 0 Å². The topological polar surface area (TPSA) is 71.3 Å². The Morgan fingerprint density at radius 3 is 2.71 bits per heavy atom. The number of aromatic nitrogens is 2. The molecule has 0 fully saturated rings. The van der Waals surface area contributed by atoms with Crippen LogP contribution < -0.4 is 10.2 Å². The average Bonchev–Trinajstić information content (AvgIpc) is 2.99. The second-order valence-corrected chi connectivity index (χ2v) is 4.59. The molecule has 0 radical (unpaired) electrons. The molecule has 0 aliphatic carbocycles. The third-order valence-electron chi connectivity index (χ3n) is 3.15. The van der Waals surface area contributed by atoms with Crippen LogP contribution in [0.2, 0.25) is 0 Å². The van der Waals surface area contributed by atoms with Gasteiger partial charge in [0.15, 0.2) is 0 Å². The van der Waals surface area contributed by atoms with Gasteiger partial charge in [0.05, 0.1) is 12.8 Å². The molecule has 112 valence electrons. The molecule has 1 N–H and O–H groups in total. The zero-order chi connectivity index (χ0) is 15.2. The van der Waals surface area contributed by atoms with Crippen LogP contribution in [0.25, 0.3) is 0 Å². The van der Waals surface area contributed by atoms with Crippen molar-refractivity contribution < 1.29 is 9.21 Å². The van der Waals surface area contributed by atoms with E-state index in [0.29, 0.717) is 23.8 Å². The van der Waals surface area contributed by atoms with Crippen LogP contribution in [0.3, 0.4) is 0 Å². The molecule has 0 aliphatic heterocycles. The standard InChI is InChI=1S/C15H20N4O2/c1-4-19(5-2)14-9-13(17-11(3)18-14)15(20)16-10-12-7-6-8-21-12/h6-9H,4-5,10H2,1-3H3,(H,16,20). The van der Waals surface area contributed by atoms with Gasteiger partial charge in [-0.15, -0.1) is 0 Å². The normalized spacial score (nSPS) is 10.4. The van der Waals surface area contributed by atoms with Gasteiger partial charge in [0.25, 0.3) is 5.91 Å². The van der Waals surface area contributed by atoms with E-state index in [2.05, 4.69) is 34.0 Å². The van der Waals surface area contributed by atoms with Crippen molar-refractivity contribution in [3.05, 3.63) is 41.7 Å². The van der Waals surface area contributed by atoms with Gasteiger partial charge >= 0.3 is 0 Å². The molecule has 2 heterocycles. The number of nitrogens with one attached hydrogen (secondary N) is 1. The van der Waals surface area contributed by atoms with Gasteiger partial charge in [-0.05, 0) is 32.9 Å². The molecule has 0 aliphatic rings. The van der Waals surface area contributed by atoms with Crippen molar-refractivity contribution in [2.75, 3.05) is 18.0 Å². The van der Waals surface area contributed by atoms with Crippen molar-refractivity contribution >= 4 is 11.7 Å². The smallest absolute Gasteiger partial charge is 0.270 e. The number of anilines is 1. The fourth-order valence-electron chi connectivity index (χ4n) is 2.05. The molecule has 2 aromatic rings. The Bertz CT molecular complexity index is 592. The highest BCUT2D eigenvalue weighted by Crippen LogP contribution is 2.12. The molecule has 6 heteroatoms. The van der Waals surface area contributed by atoms with E-state index >= 15 is 0 Å². The molecule has 0 bridgehead atoms. The molecule has 0 aromatic carbocycles. The van der Waals surface area contributed by atoms with E-state index in [4.69, 9.17) is 4.42 Å². The van der Waals surface area contributed by atoms with Crippen LogP contribution in [0.4, 0.5) is 5.82 Å². The van der Waals surface area contributed by atoms with Crippen molar-refractivity contribution in [2.24, 2.45) is 0 Å². The molecule has 0 saturated carbocycles. The summed E-state index contributed by atoms with van der Waals surface area (Å²) in [5, 5.41) is 2.79. The molecule has 2 aromatic heterocycles. The first kappa shape index (κ1) is 15.0. The third kappa shape index (κ3) is 3.81. The minimum atomic E-state index is -0.231. The Labute approximate surface area is 124 Å². The van der Waals surface area contributed by atoms with Crippen LogP contribution in [-0.2, 0) is 6.54 Å². The summed E-state index contributed by atoms with van der Waals surface area (Å²) in [6, 6.07) is 5.32. The average molecular weight is 288 g/mol. The number of amides is 1. The van der Waals surface area contributed by atoms with Crippen molar-refractivity contribution in [2.45, 2.75) is 27.3 Å². The molecular weight excluding hydrogens is 268 g/mol. The molecule has 0 spiro atoms. The number of hydrogen-bond acceptors (Lipinski definition) is 5. The van der Waals surface area contributed by atoms with E-state index in [0.717, 1.165) is 18.9 Å². The highest BCUT2D eigenvalue weighted by molar-refractivity contribution is 5.92. The lowest BCUT2D eigenvalue weighted by Gasteiger charge is -2.20. The lowest BCUT2D eigenvalue weighted by Crippen LogP contribution is -2.27. The zero-order valence-electron chi connectivity index (χ0n) is 12.6. The van der Waals surface area contributed by atoms with Crippen LogP contribution in [0, 0.1) is 6.92 Å². The summed E-state index contributed by atoms with van der Waals surface area (Å²) >= 11 is 0. The molecule has 0 atom stereocenters. The second kappa shape index (κ2) is 6.88. The fraction of sp³-hybridized carbons (Fsp3) is 0.400. The number of furan rings is 1. The van der Waals surface area contributed by atoms with Crippen molar-refractivity contribution in [1.82, 2.24) is 15.3 Å².